The molecule has 0 amide bonds. The molecule has 1 N–H and O–H groups in total. The Hall–Kier alpha value is -2.66. The van der Waals surface area contributed by atoms with Crippen molar-refractivity contribution in [1.29, 1.82) is 0 Å². The number of nitro groups is 1. The lowest BCUT2D eigenvalue weighted by Crippen LogP contribution is -2.09. The highest BCUT2D eigenvalue weighted by atomic mass is 16.6. The first-order chi connectivity index (χ1) is 12.6. The fourth-order valence-electron chi connectivity index (χ4n) is 2.95. The number of para-hydroxylation sites is 1. The topological polar surface area (TPSA) is 68.2 Å². The molecular weight excluding hydrogens is 328 g/mol. The molecule has 26 heavy (non-hydrogen) atoms. The maximum absolute atomic E-state index is 11.1. The molecule has 1 atom stereocenters. The van der Waals surface area contributed by atoms with Crippen molar-refractivity contribution < 1.29 is 9.66 Å². The maximum Gasteiger partial charge on any atom is 0.269 e. The van der Waals surface area contributed by atoms with Crippen LogP contribution in [0.1, 0.15) is 50.1 Å². The van der Waals surface area contributed by atoms with Gasteiger partial charge in [-0.25, -0.2) is 0 Å². The number of hydrogen-bond acceptors (Lipinski definition) is 3. The molecule has 3 aromatic rings. The number of aryl methyl sites for hydroxylation is 1. The number of fused-ring (bicyclic) bond motifs is 1. The van der Waals surface area contributed by atoms with Crippen LogP contribution >= 0.6 is 0 Å². The van der Waals surface area contributed by atoms with E-state index >= 15 is 0 Å². The number of H-pyrrole nitrogens is 1. The molecule has 0 fully saturated rings. The second-order valence-electron chi connectivity index (χ2n) is 5.81. The summed E-state index contributed by atoms with van der Waals surface area (Å²) in [5, 5.41) is 12.2. The second kappa shape index (κ2) is 9.15. The third-order valence-corrected chi connectivity index (χ3v) is 4.14. The minimum absolute atomic E-state index is 0.0753. The van der Waals surface area contributed by atoms with E-state index in [1.807, 2.05) is 52.0 Å². The van der Waals surface area contributed by atoms with E-state index in [-0.39, 0.29) is 16.7 Å². The van der Waals surface area contributed by atoms with Gasteiger partial charge in [0.05, 0.1) is 10.6 Å². The monoisotopic (exact) mass is 354 g/mol. The van der Waals surface area contributed by atoms with Crippen molar-refractivity contribution in [3.05, 3.63) is 75.5 Å². The van der Waals surface area contributed by atoms with E-state index < -0.39 is 0 Å². The van der Waals surface area contributed by atoms with Gasteiger partial charge in [-0.15, -0.1) is 0 Å². The maximum atomic E-state index is 11.1. The molecule has 1 unspecified atom stereocenters. The van der Waals surface area contributed by atoms with E-state index in [0.29, 0.717) is 6.61 Å². The van der Waals surface area contributed by atoms with Crippen molar-refractivity contribution >= 4 is 16.6 Å². The lowest BCUT2D eigenvalue weighted by atomic mass is 10.0. The van der Waals surface area contributed by atoms with Gasteiger partial charge in [-0.05, 0) is 30.5 Å². The number of nitrogens with zero attached hydrogens (tertiary/aromatic N) is 1. The van der Waals surface area contributed by atoms with Gasteiger partial charge in [-0.3, -0.25) is 10.1 Å². The highest BCUT2D eigenvalue weighted by molar-refractivity contribution is 5.84. The van der Waals surface area contributed by atoms with Crippen LogP contribution in [0.3, 0.4) is 0 Å². The predicted octanol–water partition coefficient (Wildman–Crippen LogP) is 5.93. The first-order valence-corrected chi connectivity index (χ1v) is 9.05. The molecule has 0 aliphatic carbocycles. The molecule has 0 saturated carbocycles. The van der Waals surface area contributed by atoms with E-state index in [0.717, 1.165) is 34.1 Å². The van der Waals surface area contributed by atoms with Crippen LogP contribution in [0.4, 0.5) is 5.69 Å². The Bertz CT molecular complexity index is 871. The SMILES string of the molecule is CC.CCCOC(c1cccc([N+](=O)[O-])c1)c1[nH]c2ccccc2c1C. The highest BCUT2D eigenvalue weighted by Gasteiger charge is 2.22. The van der Waals surface area contributed by atoms with Crippen molar-refractivity contribution in [2.45, 2.75) is 40.2 Å². The van der Waals surface area contributed by atoms with Crippen LogP contribution < -0.4 is 0 Å². The van der Waals surface area contributed by atoms with E-state index in [1.54, 1.807) is 12.1 Å². The normalized spacial score (nSPS) is 11.7. The number of hydrogen-bond donors (Lipinski definition) is 1. The number of nitro benzene ring substituents is 1. The van der Waals surface area contributed by atoms with Crippen LogP contribution in [0.25, 0.3) is 10.9 Å². The molecule has 0 radical (unpaired) electrons. The molecular formula is C21H26N2O3. The van der Waals surface area contributed by atoms with Crippen molar-refractivity contribution in [3.8, 4) is 0 Å². The summed E-state index contributed by atoms with van der Waals surface area (Å²) >= 11 is 0. The molecule has 138 valence electrons. The zero-order valence-electron chi connectivity index (χ0n) is 15.8. The minimum Gasteiger partial charge on any atom is -0.367 e. The Balaban J connectivity index is 0.00000117. The number of ether oxygens (including phenoxy) is 1. The third kappa shape index (κ3) is 4.11. The van der Waals surface area contributed by atoms with Crippen LogP contribution in [0, 0.1) is 17.0 Å². The number of aromatic amines is 1. The van der Waals surface area contributed by atoms with Gasteiger partial charge in [0, 0.05) is 29.6 Å². The van der Waals surface area contributed by atoms with Gasteiger partial charge in [-0.2, -0.15) is 0 Å². The van der Waals surface area contributed by atoms with E-state index in [2.05, 4.69) is 11.1 Å². The average molecular weight is 354 g/mol. The summed E-state index contributed by atoms with van der Waals surface area (Å²) in [7, 11) is 0. The van der Waals surface area contributed by atoms with Gasteiger partial charge < -0.3 is 9.72 Å². The first-order valence-electron chi connectivity index (χ1n) is 9.05. The lowest BCUT2D eigenvalue weighted by Gasteiger charge is -2.18. The average Bonchev–Trinajstić information content (AvgIpc) is 3.01. The molecule has 0 aliphatic rings. The molecule has 3 rings (SSSR count). The zero-order chi connectivity index (χ0) is 19.1. The van der Waals surface area contributed by atoms with Crippen LogP contribution in [0.5, 0.6) is 0 Å². The summed E-state index contributed by atoms with van der Waals surface area (Å²) in [6.07, 6.45) is 0.530. The summed E-state index contributed by atoms with van der Waals surface area (Å²) < 4.78 is 6.05. The van der Waals surface area contributed by atoms with Crippen molar-refractivity contribution in [1.82, 2.24) is 4.98 Å². The van der Waals surface area contributed by atoms with Crippen molar-refractivity contribution in [2.24, 2.45) is 0 Å². The molecule has 0 bridgehead atoms. The van der Waals surface area contributed by atoms with Gasteiger partial charge in [0.2, 0.25) is 0 Å². The van der Waals surface area contributed by atoms with Crippen LogP contribution in [-0.4, -0.2) is 16.5 Å². The van der Waals surface area contributed by atoms with Crippen molar-refractivity contribution in [3.63, 3.8) is 0 Å². The number of non-ortho nitro benzene ring substituents is 1. The van der Waals surface area contributed by atoms with Gasteiger partial charge in [0.25, 0.3) is 5.69 Å². The first kappa shape index (κ1) is 19.7. The quantitative estimate of drug-likeness (QED) is 0.441. The molecule has 5 nitrogen and oxygen atoms in total. The number of rotatable bonds is 6. The second-order valence-corrected chi connectivity index (χ2v) is 5.81. The Morgan fingerprint density at radius 2 is 1.88 bits per heavy atom. The Morgan fingerprint density at radius 1 is 1.15 bits per heavy atom. The molecule has 0 aliphatic heterocycles. The van der Waals surface area contributed by atoms with E-state index in [1.165, 1.54) is 6.07 Å². The molecule has 0 spiro atoms. The van der Waals surface area contributed by atoms with Crippen molar-refractivity contribution in [2.75, 3.05) is 6.61 Å². The minimum atomic E-state index is -0.377. The zero-order valence-corrected chi connectivity index (χ0v) is 15.8. The van der Waals surface area contributed by atoms with Gasteiger partial charge in [0.15, 0.2) is 0 Å². The highest BCUT2D eigenvalue weighted by Crippen LogP contribution is 2.33. The largest absolute Gasteiger partial charge is 0.367 e. The summed E-state index contributed by atoms with van der Waals surface area (Å²) in [6, 6.07) is 14.7. The van der Waals surface area contributed by atoms with Crippen LogP contribution in [-0.2, 0) is 4.74 Å². The fourth-order valence-corrected chi connectivity index (χ4v) is 2.95. The standard InChI is InChI=1S/C19H20N2O3.C2H6/c1-3-11-24-19(14-7-6-8-15(12-14)21(22)23)18-13(2)16-9-4-5-10-17(16)20-18;1-2/h4-10,12,19-20H,3,11H2,1-2H3;1-2H3. The Morgan fingerprint density at radius 3 is 2.54 bits per heavy atom. The summed E-state index contributed by atoms with van der Waals surface area (Å²) in [5.74, 6) is 0. The third-order valence-electron chi connectivity index (χ3n) is 4.14. The number of benzene rings is 2. The van der Waals surface area contributed by atoms with Crippen LogP contribution in [0.2, 0.25) is 0 Å². The smallest absolute Gasteiger partial charge is 0.269 e. The predicted molar refractivity (Wildman–Crippen MR) is 106 cm³/mol. The van der Waals surface area contributed by atoms with Crippen LogP contribution in [0.15, 0.2) is 48.5 Å². The van der Waals surface area contributed by atoms with Gasteiger partial charge in [-0.1, -0.05) is 51.1 Å². The molecule has 1 heterocycles. The summed E-state index contributed by atoms with van der Waals surface area (Å²) in [6.45, 7) is 8.68. The Kier molecular flexibility index (Phi) is 6.92. The lowest BCUT2D eigenvalue weighted by molar-refractivity contribution is -0.385. The van der Waals surface area contributed by atoms with Gasteiger partial charge in [0.1, 0.15) is 6.10 Å². The van der Waals surface area contributed by atoms with Gasteiger partial charge >= 0.3 is 0 Å². The van der Waals surface area contributed by atoms with E-state index in [4.69, 9.17) is 4.74 Å². The molecule has 5 heteroatoms. The summed E-state index contributed by atoms with van der Waals surface area (Å²) in [5.41, 5.74) is 3.96. The molecule has 2 aromatic carbocycles. The number of aromatic nitrogens is 1. The number of nitrogens with one attached hydrogen (secondary N) is 1. The molecule has 0 saturated heterocycles. The molecule has 1 aromatic heterocycles. The fraction of sp³-hybridized carbons (Fsp3) is 0.333. The summed E-state index contributed by atoms with van der Waals surface area (Å²) in [4.78, 5) is 14.1. The van der Waals surface area contributed by atoms with E-state index in [9.17, 15) is 10.1 Å². The Labute approximate surface area is 154 Å².